The fourth-order valence-electron chi connectivity index (χ4n) is 1.59. The Morgan fingerprint density at radius 2 is 1.89 bits per heavy atom. The summed E-state index contributed by atoms with van der Waals surface area (Å²) in [5, 5.41) is 0. The number of carbonyl (C=O) groups excluding carboxylic acids is 1. The lowest BCUT2D eigenvalue weighted by atomic mass is 10.2. The van der Waals surface area contributed by atoms with Crippen LogP contribution in [0.5, 0.6) is 0 Å². The Hall–Kier alpha value is -1.56. The summed E-state index contributed by atoms with van der Waals surface area (Å²) in [7, 11) is 1.29. The number of amides is 1. The number of benzene rings is 1. The van der Waals surface area contributed by atoms with Gasteiger partial charge >= 0.3 is 6.18 Å². The van der Waals surface area contributed by atoms with Gasteiger partial charge in [-0.1, -0.05) is 30.3 Å². The molecule has 1 rings (SSSR count). The third-order valence-corrected chi connectivity index (χ3v) is 2.60. The first kappa shape index (κ1) is 15.5. The lowest BCUT2D eigenvalue weighted by molar-refractivity contribution is -0.168. The van der Waals surface area contributed by atoms with Gasteiger partial charge in [0.05, 0.1) is 0 Å². The average molecular weight is 275 g/mol. The molecule has 1 aromatic carbocycles. The molecule has 0 N–H and O–H groups in total. The molecule has 106 valence electrons. The van der Waals surface area contributed by atoms with Crippen molar-refractivity contribution in [1.29, 1.82) is 0 Å². The summed E-state index contributed by atoms with van der Waals surface area (Å²) in [4.78, 5) is 12.6. The van der Waals surface area contributed by atoms with Crippen molar-refractivity contribution in [1.82, 2.24) is 4.90 Å². The van der Waals surface area contributed by atoms with Crippen LogP contribution < -0.4 is 0 Å². The summed E-state index contributed by atoms with van der Waals surface area (Å²) < 4.78 is 42.3. The zero-order valence-electron chi connectivity index (χ0n) is 10.8. The molecule has 1 unspecified atom stereocenters. The van der Waals surface area contributed by atoms with E-state index < -0.39 is 24.7 Å². The van der Waals surface area contributed by atoms with Crippen LogP contribution in [0.3, 0.4) is 0 Å². The van der Waals surface area contributed by atoms with E-state index in [0.717, 1.165) is 4.90 Å². The van der Waals surface area contributed by atoms with Crippen molar-refractivity contribution in [2.45, 2.75) is 25.7 Å². The van der Waals surface area contributed by atoms with Crippen molar-refractivity contribution in [3.63, 3.8) is 0 Å². The summed E-state index contributed by atoms with van der Waals surface area (Å²) in [6, 6.07) is 8.54. The number of methoxy groups -OCH3 is 1. The number of hydrogen-bond acceptors (Lipinski definition) is 2. The first-order valence-electron chi connectivity index (χ1n) is 5.75. The van der Waals surface area contributed by atoms with Crippen molar-refractivity contribution in [3.05, 3.63) is 35.9 Å². The zero-order chi connectivity index (χ0) is 14.5. The van der Waals surface area contributed by atoms with Gasteiger partial charge in [-0.05, 0) is 12.5 Å². The van der Waals surface area contributed by atoms with E-state index in [0.29, 0.717) is 5.56 Å². The van der Waals surface area contributed by atoms with Gasteiger partial charge in [-0.15, -0.1) is 0 Å². The van der Waals surface area contributed by atoms with E-state index in [1.807, 2.05) is 0 Å². The summed E-state index contributed by atoms with van der Waals surface area (Å²) in [6.45, 7) is 0.0536. The predicted molar refractivity (Wildman–Crippen MR) is 64.4 cm³/mol. The molecular weight excluding hydrogens is 259 g/mol. The molecule has 1 amide bonds. The van der Waals surface area contributed by atoms with Crippen LogP contribution in [0.4, 0.5) is 13.2 Å². The summed E-state index contributed by atoms with van der Waals surface area (Å²) >= 11 is 0. The summed E-state index contributed by atoms with van der Waals surface area (Å²) in [5.41, 5.74) is 0.642. The van der Waals surface area contributed by atoms with Crippen molar-refractivity contribution < 1.29 is 22.7 Å². The molecule has 0 saturated carbocycles. The molecule has 0 saturated heterocycles. The monoisotopic (exact) mass is 275 g/mol. The Labute approximate surface area is 110 Å². The molecule has 0 radical (unpaired) electrons. The molecule has 0 bridgehead atoms. The van der Waals surface area contributed by atoms with E-state index in [-0.39, 0.29) is 6.54 Å². The number of ether oxygens (including phenoxy) is 1. The van der Waals surface area contributed by atoms with Gasteiger partial charge in [0.2, 0.25) is 0 Å². The minimum absolute atomic E-state index is 0.0904. The van der Waals surface area contributed by atoms with Crippen molar-refractivity contribution in [3.8, 4) is 0 Å². The SMILES string of the molecule is COC(C)C(=O)N(Cc1ccccc1)CC(F)(F)F. The molecule has 0 aliphatic rings. The average Bonchev–Trinajstić information content (AvgIpc) is 2.36. The van der Waals surface area contributed by atoms with E-state index in [1.165, 1.54) is 14.0 Å². The van der Waals surface area contributed by atoms with Crippen LogP contribution in [0.1, 0.15) is 12.5 Å². The third kappa shape index (κ3) is 5.30. The molecule has 6 heteroatoms. The van der Waals surface area contributed by atoms with Gasteiger partial charge in [0.1, 0.15) is 12.6 Å². The van der Waals surface area contributed by atoms with Crippen molar-refractivity contribution >= 4 is 5.91 Å². The smallest absolute Gasteiger partial charge is 0.372 e. The quantitative estimate of drug-likeness (QED) is 0.826. The summed E-state index contributed by atoms with van der Waals surface area (Å²) in [5.74, 6) is -0.677. The van der Waals surface area contributed by atoms with Gasteiger partial charge in [-0.3, -0.25) is 4.79 Å². The highest BCUT2D eigenvalue weighted by atomic mass is 19.4. The molecule has 1 atom stereocenters. The van der Waals surface area contributed by atoms with Gasteiger partial charge in [0.15, 0.2) is 0 Å². The first-order valence-corrected chi connectivity index (χ1v) is 5.75. The Bertz CT molecular complexity index is 406. The first-order chi connectivity index (χ1) is 8.83. The molecule has 0 aliphatic heterocycles. The van der Waals surface area contributed by atoms with E-state index >= 15 is 0 Å². The van der Waals surface area contributed by atoms with Crippen LogP contribution in [0.25, 0.3) is 0 Å². The van der Waals surface area contributed by atoms with Crippen LogP contribution >= 0.6 is 0 Å². The van der Waals surface area contributed by atoms with Crippen molar-refractivity contribution in [2.24, 2.45) is 0 Å². The normalized spacial score (nSPS) is 13.1. The Morgan fingerprint density at radius 3 is 2.37 bits per heavy atom. The van der Waals surface area contributed by atoms with E-state index in [1.54, 1.807) is 30.3 Å². The minimum atomic E-state index is -4.43. The largest absolute Gasteiger partial charge is 0.406 e. The molecule has 19 heavy (non-hydrogen) atoms. The Kier molecular flexibility index (Phi) is 5.35. The topological polar surface area (TPSA) is 29.5 Å². The fourth-order valence-corrected chi connectivity index (χ4v) is 1.59. The highest BCUT2D eigenvalue weighted by Crippen LogP contribution is 2.19. The standard InChI is InChI=1S/C13H16F3NO2/c1-10(19-2)12(18)17(9-13(14,15)16)8-11-6-4-3-5-7-11/h3-7,10H,8-9H2,1-2H3. The molecule has 0 fully saturated rings. The van der Waals surface area contributed by atoms with Crippen LogP contribution in [0, 0.1) is 0 Å². The molecule has 1 aromatic rings. The van der Waals surface area contributed by atoms with E-state index in [4.69, 9.17) is 4.74 Å². The van der Waals surface area contributed by atoms with Crippen LogP contribution in [0.15, 0.2) is 30.3 Å². The number of rotatable bonds is 5. The van der Waals surface area contributed by atoms with E-state index in [9.17, 15) is 18.0 Å². The van der Waals surface area contributed by atoms with Crippen LogP contribution in [0.2, 0.25) is 0 Å². The maximum Gasteiger partial charge on any atom is 0.406 e. The second kappa shape index (κ2) is 6.56. The maximum atomic E-state index is 12.5. The molecule has 3 nitrogen and oxygen atoms in total. The van der Waals surface area contributed by atoms with Crippen LogP contribution in [-0.2, 0) is 16.1 Å². The minimum Gasteiger partial charge on any atom is -0.372 e. The lowest BCUT2D eigenvalue weighted by Gasteiger charge is -2.26. The predicted octanol–water partition coefficient (Wildman–Crippen LogP) is 2.61. The van der Waals surface area contributed by atoms with Gasteiger partial charge in [-0.25, -0.2) is 0 Å². The number of hydrogen-bond donors (Lipinski definition) is 0. The lowest BCUT2D eigenvalue weighted by Crippen LogP contribution is -2.43. The van der Waals surface area contributed by atoms with Gasteiger partial charge < -0.3 is 9.64 Å². The number of halogens is 3. The molecular formula is C13H16F3NO2. The van der Waals surface area contributed by atoms with Crippen LogP contribution in [-0.4, -0.2) is 36.7 Å². The Morgan fingerprint density at radius 1 is 1.32 bits per heavy atom. The molecule has 0 aromatic heterocycles. The molecule has 0 heterocycles. The second-order valence-corrected chi connectivity index (χ2v) is 4.17. The number of alkyl halides is 3. The highest BCUT2D eigenvalue weighted by Gasteiger charge is 2.34. The molecule has 0 spiro atoms. The summed E-state index contributed by atoms with van der Waals surface area (Å²) in [6.07, 6.45) is -5.33. The zero-order valence-corrected chi connectivity index (χ0v) is 10.8. The Balaban J connectivity index is 2.83. The third-order valence-electron chi connectivity index (χ3n) is 2.60. The molecule has 0 aliphatic carbocycles. The second-order valence-electron chi connectivity index (χ2n) is 4.17. The van der Waals surface area contributed by atoms with Gasteiger partial charge in [0.25, 0.3) is 5.91 Å². The highest BCUT2D eigenvalue weighted by molar-refractivity contribution is 5.80. The number of nitrogens with zero attached hydrogens (tertiary/aromatic N) is 1. The van der Waals surface area contributed by atoms with Crippen molar-refractivity contribution in [2.75, 3.05) is 13.7 Å². The number of carbonyl (C=O) groups is 1. The fraction of sp³-hybridized carbons (Fsp3) is 0.462. The van der Waals surface area contributed by atoms with Gasteiger partial charge in [-0.2, -0.15) is 13.2 Å². The van der Waals surface area contributed by atoms with E-state index in [2.05, 4.69) is 0 Å². The maximum absolute atomic E-state index is 12.5. The van der Waals surface area contributed by atoms with Gasteiger partial charge in [0, 0.05) is 13.7 Å².